The van der Waals surface area contributed by atoms with E-state index in [1.807, 2.05) is 20.8 Å². The number of carbonyl (C=O) groups is 1. The Hall–Kier alpha value is -0.420. The normalized spacial score (nSPS) is 15.2. The summed E-state index contributed by atoms with van der Waals surface area (Å²) < 4.78 is 11.0. The average molecular weight is 220 g/mol. The zero-order chi connectivity index (χ0) is 11.1. The lowest BCUT2D eigenvalue weighted by molar-refractivity contribution is -0.123. The van der Waals surface area contributed by atoms with Crippen LogP contribution in [0.4, 0.5) is 0 Å². The first-order chi connectivity index (χ1) is 6.49. The average Bonchev–Trinajstić information content (AvgIpc) is 2.15. The monoisotopic (exact) mass is 220 g/mol. The fourth-order valence-electron chi connectivity index (χ4n) is 0.853. The first-order valence-electron chi connectivity index (χ1n) is 4.87. The highest BCUT2D eigenvalue weighted by Crippen LogP contribution is 1.97. The van der Waals surface area contributed by atoms with Crippen LogP contribution in [-0.2, 0) is 15.6 Å². The van der Waals surface area contributed by atoms with Crippen molar-refractivity contribution in [1.29, 1.82) is 0 Å². The van der Waals surface area contributed by atoms with E-state index >= 15 is 0 Å². The molecule has 1 amide bonds. The Labute approximate surface area is 88.1 Å². The van der Waals surface area contributed by atoms with Gasteiger partial charge in [-0.05, 0) is 5.92 Å². The molecule has 0 saturated heterocycles. The van der Waals surface area contributed by atoms with Crippen molar-refractivity contribution < 1.29 is 9.00 Å². The van der Waals surface area contributed by atoms with Crippen molar-refractivity contribution in [3.63, 3.8) is 0 Å². The second kappa shape index (κ2) is 6.95. The van der Waals surface area contributed by atoms with Gasteiger partial charge in [-0.25, -0.2) is 0 Å². The molecule has 0 bridgehead atoms. The minimum absolute atomic E-state index is 0.131. The summed E-state index contributed by atoms with van der Waals surface area (Å²) >= 11 is 0. The lowest BCUT2D eigenvalue weighted by atomic mass is 10.1. The van der Waals surface area contributed by atoms with Gasteiger partial charge in [0, 0.05) is 28.9 Å². The van der Waals surface area contributed by atoms with E-state index in [9.17, 15) is 9.00 Å². The Balaban J connectivity index is 3.69. The van der Waals surface area contributed by atoms with Crippen LogP contribution in [0.2, 0.25) is 0 Å². The van der Waals surface area contributed by atoms with Gasteiger partial charge in [0.05, 0.1) is 6.04 Å². The van der Waals surface area contributed by atoms with Gasteiger partial charge in [0.15, 0.2) is 0 Å². The van der Waals surface area contributed by atoms with Crippen molar-refractivity contribution in [2.75, 3.05) is 18.1 Å². The van der Waals surface area contributed by atoms with E-state index < -0.39 is 16.8 Å². The Morgan fingerprint density at radius 3 is 2.50 bits per heavy atom. The lowest BCUT2D eigenvalue weighted by Gasteiger charge is -2.14. The zero-order valence-electron chi connectivity index (χ0n) is 9.08. The molecule has 0 heterocycles. The van der Waals surface area contributed by atoms with Crippen molar-refractivity contribution in [2.45, 2.75) is 26.8 Å². The van der Waals surface area contributed by atoms with E-state index in [4.69, 9.17) is 5.73 Å². The van der Waals surface area contributed by atoms with Gasteiger partial charge in [-0.15, -0.1) is 0 Å². The van der Waals surface area contributed by atoms with Crippen molar-refractivity contribution in [3.8, 4) is 0 Å². The van der Waals surface area contributed by atoms with Crippen LogP contribution in [0, 0.1) is 5.92 Å². The molecule has 0 rings (SSSR count). The van der Waals surface area contributed by atoms with Crippen molar-refractivity contribution in [3.05, 3.63) is 0 Å². The summed E-state index contributed by atoms with van der Waals surface area (Å²) in [5.41, 5.74) is 5.62. The van der Waals surface area contributed by atoms with Crippen LogP contribution in [0.5, 0.6) is 0 Å². The molecule has 0 fully saturated rings. The zero-order valence-corrected chi connectivity index (χ0v) is 9.89. The highest BCUT2D eigenvalue weighted by Gasteiger charge is 2.16. The van der Waals surface area contributed by atoms with E-state index in [-0.39, 0.29) is 11.8 Å². The van der Waals surface area contributed by atoms with Gasteiger partial charge < -0.3 is 11.1 Å². The summed E-state index contributed by atoms with van der Waals surface area (Å²) in [5.74, 6) is 1.11. The molecule has 5 heteroatoms. The van der Waals surface area contributed by atoms with Gasteiger partial charge in [-0.1, -0.05) is 20.8 Å². The summed E-state index contributed by atoms with van der Waals surface area (Å²) in [7, 11) is -0.823. The van der Waals surface area contributed by atoms with E-state index in [1.165, 1.54) is 0 Å². The maximum atomic E-state index is 11.3. The molecule has 0 aliphatic carbocycles. The van der Waals surface area contributed by atoms with E-state index in [0.717, 1.165) is 0 Å². The number of nitrogens with one attached hydrogen (secondary N) is 1. The second-order valence-electron chi connectivity index (χ2n) is 3.49. The summed E-state index contributed by atoms with van der Waals surface area (Å²) in [6.45, 7) is 6.10. The van der Waals surface area contributed by atoms with Gasteiger partial charge in [-0.2, -0.15) is 0 Å². The Morgan fingerprint density at radius 2 is 2.07 bits per heavy atom. The molecule has 14 heavy (non-hydrogen) atoms. The van der Waals surface area contributed by atoms with Crippen LogP contribution in [0.1, 0.15) is 20.8 Å². The third kappa shape index (κ3) is 5.34. The van der Waals surface area contributed by atoms with Crippen molar-refractivity contribution >= 4 is 16.7 Å². The first kappa shape index (κ1) is 13.6. The molecular weight excluding hydrogens is 200 g/mol. The minimum Gasteiger partial charge on any atom is -0.354 e. The second-order valence-corrected chi connectivity index (χ2v) is 5.36. The van der Waals surface area contributed by atoms with Gasteiger partial charge in [0.2, 0.25) is 5.91 Å². The summed E-state index contributed by atoms with van der Waals surface area (Å²) in [5, 5.41) is 2.67. The third-order valence-corrected chi connectivity index (χ3v) is 3.28. The van der Waals surface area contributed by atoms with Crippen LogP contribution >= 0.6 is 0 Å². The summed E-state index contributed by atoms with van der Waals surface area (Å²) in [4.78, 5) is 11.3. The first-order valence-corrected chi connectivity index (χ1v) is 6.36. The van der Waals surface area contributed by atoms with Gasteiger partial charge in [-0.3, -0.25) is 9.00 Å². The van der Waals surface area contributed by atoms with Crippen LogP contribution in [0.3, 0.4) is 0 Å². The number of rotatable bonds is 6. The van der Waals surface area contributed by atoms with E-state index in [1.54, 1.807) is 0 Å². The molecular formula is C9H20N2O2S. The van der Waals surface area contributed by atoms with E-state index in [2.05, 4.69) is 5.32 Å². The lowest BCUT2D eigenvalue weighted by Crippen LogP contribution is -2.44. The number of hydrogen-bond acceptors (Lipinski definition) is 3. The van der Waals surface area contributed by atoms with Crippen LogP contribution < -0.4 is 11.1 Å². The maximum Gasteiger partial charge on any atom is 0.237 e. The Morgan fingerprint density at radius 1 is 1.50 bits per heavy atom. The van der Waals surface area contributed by atoms with Gasteiger partial charge >= 0.3 is 0 Å². The van der Waals surface area contributed by atoms with Crippen LogP contribution in [0.25, 0.3) is 0 Å². The summed E-state index contributed by atoms with van der Waals surface area (Å²) in [6, 6.07) is -0.468. The number of hydrogen-bond donors (Lipinski definition) is 2. The predicted molar refractivity (Wildman–Crippen MR) is 59.4 cm³/mol. The van der Waals surface area contributed by atoms with E-state index in [0.29, 0.717) is 18.1 Å². The van der Waals surface area contributed by atoms with Crippen molar-refractivity contribution in [1.82, 2.24) is 5.32 Å². The standard InChI is InChI=1S/C9H20N2O2S/c1-4-14(13)6-5-11-9(12)8(10)7(2)3/h7-8H,4-6,10H2,1-3H3,(H,11,12)/t8-,14?/m1/s1. The van der Waals surface area contributed by atoms with Crippen LogP contribution in [0.15, 0.2) is 0 Å². The molecule has 1 unspecified atom stereocenters. The fraction of sp³-hybridized carbons (Fsp3) is 0.889. The number of carbonyl (C=O) groups excluding carboxylic acids is 1. The van der Waals surface area contributed by atoms with Gasteiger partial charge in [0.1, 0.15) is 0 Å². The Kier molecular flexibility index (Phi) is 6.74. The molecule has 84 valence electrons. The molecule has 0 aromatic heterocycles. The van der Waals surface area contributed by atoms with Crippen molar-refractivity contribution in [2.24, 2.45) is 11.7 Å². The number of nitrogens with two attached hydrogens (primary N) is 1. The molecule has 0 aliphatic heterocycles. The highest BCUT2D eigenvalue weighted by molar-refractivity contribution is 7.84. The fourth-order valence-corrected chi connectivity index (χ4v) is 1.47. The van der Waals surface area contributed by atoms with Crippen LogP contribution in [-0.4, -0.2) is 34.2 Å². The summed E-state index contributed by atoms with van der Waals surface area (Å²) in [6.07, 6.45) is 0. The molecule has 2 atom stereocenters. The van der Waals surface area contributed by atoms with Gasteiger partial charge in [0.25, 0.3) is 0 Å². The Bertz CT molecular complexity index is 207. The quantitative estimate of drug-likeness (QED) is 0.654. The topological polar surface area (TPSA) is 72.2 Å². The third-order valence-electron chi connectivity index (χ3n) is 1.97. The molecule has 0 aromatic rings. The number of amides is 1. The molecule has 3 N–H and O–H groups in total. The molecule has 0 saturated carbocycles. The highest BCUT2D eigenvalue weighted by atomic mass is 32.2. The SMILES string of the molecule is CCS(=O)CCNC(=O)[C@H](N)C(C)C. The minimum atomic E-state index is -0.823. The predicted octanol–water partition coefficient (Wildman–Crippen LogP) is -0.145. The molecule has 4 nitrogen and oxygen atoms in total. The maximum absolute atomic E-state index is 11.3. The molecule has 0 spiro atoms. The smallest absolute Gasteiger partial charge is 0.237 e. The molecule has 0 aromatic carbocycles. The molecule has 0 aliphatic rings. The molecule has 0 radical (unpaired) electrons. The largest absolute Gasteiger partial charge is 0.354 e.